The highest BCUT2D eigenvalue weighted by atomic mass is 16.2. The van der Waals surface area contributed by atoms with E-state index in [9.17, 15) is 19.2 Å². The molecule has 0 aliphatic carbocycles. The zero-order valence-corrected chi connectivity index (χ0v) is 21.5. The number of amides is 3. The number of aldehydes is 1. The number of rotatable bonds is 9. The predicted molar refractivity (Wildman–Crippen MR) is 146 cm³/mol. The minimum atomic E-state index is -0.797. The Hall–Kier alpha value is -4.52. The minimum Gasteiger partial charge on any atom is -0.345 e. The second-order valence-corrected chi connectivity index (χ2v) is 9.57. The second kappa shape index (κ2) is 12.1. The molecule has 1 aliphatic rings. The van der Waals surface area contributed by atoms with Gasteiger partial charge in [0.05, 0.1) is 11.7 Å². The summed E-state index contributed by atoms with van der Waals surface area (Å²) in [5, 5.41) is 2.75. The molecule has 0 bridgehead atoms. The fraction of sp³-hybridized carbons (Fsp3) is 0.226. The zero-order chi connectivity index (χ0) is 27.1. The molecule has 7 nitrogen and oxygen atoms in total. The number of benzene rings is 3. The number of hydrogen-bond acceptors (Lipinski definition) is 4. The van der Waals surface area contributed by atoms with Crippen LogP contribution in [-0.4, -0.2) is 52.4 Å². The maximum Gasteiger partial charge on any atom is 0.258 e. The normalized spacial score (nSPS) is 16.1. The third kappa shape index (κ3) is 6.06. The van der Waals surface area contributed by atoms with Crippen molar-refractivity contribution in [2.75, 3.05) is 6.54 Å². The summed E-state index contributed by atoms with van der Waals surface area (Å²) in [6, 6.07) is 25.9. The molecule has 7 heteroatoms. The van der Waals surface area contributed by atoms with E-state index in [4.69, 9.17) is 0 Å². The Morgan fingerprint density at radius 2 is 1.47 bits per heavy atom. The third-order valence-electron chi connectivity index (χ3n) is 6.44. The molecule has 1 aliphatic heterocycles. The summed E-state index contributed by atoms with van der Waals surface area (Å²) in [4.78, 5) is 55.2. The summed E-state index contributed by atoms with van der Waals surface area (Å²) in [6.45, 7) is 3.46. The van der Waals surface area contributed by atoms with Crippen LogP contribution in [0, 0.1) is 5.92 Å². The van der Waals surface area contributed by atoms with Crippen molar-refractivity contribution in [1.82, 2.24) is 15.1 Å². The molecule has 2 atom stereocenters. The molecule has 3 amide bonds. The first-order valence-corrected chi connectivity index (χ1v) is 12.6. The van der Waals surface area contributed by atoms with Gasteiger partial charge in [-0.15, -0.1) is 0 Å². The molecular formula is C31H31N3O4. The Morgan fingerprint density at radius 1 is 0.895 bits per heavy atom. The van der Waals surface area contributed by atoms with Gasteiger partial charge in [-0.2, -0.15) is 0 Å². The molecule has 3 aromatic rings. The molecule has 1 N–H and O–H groups in total. The van der Waals surface area contributed by atoms with Crippen LogP contribution in [0.4, 0.5) is 0 Å². The molecule has 1 heterocycles. The molecule has 0 saturated carbocycles. The van der Waals surface area contributed by atoms with Crippen LogP contribution in [0.3, 0.4) is 0 Å². The molecule has 4 rings (SSSR count). The number of nitrogens with one attached hydrogen (secondary N) is 1. The van der Waals surface area contributed by atoms with E-state index >= 15 is 0 Å². The van der Waals surface area contributed by atoms with Crippen molar-refractivity contribution >= 4 is 29.7 Å². The maximum atomic E-state index is 13.9. The smallest absolute Gasteiger partial charge is 0.258 e. The highest BCUT2D eigenvalue weighted by Crippen LogP contribution is 2.31. The van der Waals surface area contributed by atoms with Crippen molar-refractivity contribution in [2.24, 2.45) is 5.92 Å². The molecular weight excluding hydrogens is 478 g/mol. The number of carbonyl (C=O) groups excluding carboxylic acids is 4. The van der Waals surface area contributed by atoms with E-state index in [-0.39, 0.29) is 24.3 Å². The average molecular weight is 510 g/mol. The molecule has 38 heavy (non-hydrogen) atoms. The fourth-order valence-corrected chi connectivity index (χ4v) is 4.60. The predicted octanol–water partition coefficient (Wildman–Crippen LogP) is 3.92. The molecule has 0 fully saturated rings. The Balaban J connectivity index is 1.65. The van der Waals surface area contributed by atoms with Gasteiger partial charge in [-0.05, 0) is 35.6 Å². The van der Waals surface area contributed by atoms with Gasteiger partial charge in [0.25, 0.3) is 11.8 Å². The van der Waals surface area contributed by atoms with Gasteiger partial charge in [0.15, 0.2) is 0 Å². The van der Waals surface area contributed by atoms with E-state index in [0.29, 0.717) is 29.5 Å². The van der Waals surface area contributed by atoms with Gasteiger partial charge >= 0.3 is 0 Å². The summed E-state index contributed by atoms with van der Waals surface area (Å²) < 4.78 is 0. The number of carbonyl (C=O) groups is 4. The average Bonchev–Trinajstić information content (AvgIpc) is 2.94. The molecule has 3 aromatic carbocycles. The molecule has 0 saturated heterocycles. The monoisotopic (exact) mass is 509 g/mol. The first-order valence-electron chi connectivity index (χ1n) is 12.6. The van der Waals surface area contributed by atoms with Gasteiger partial charge in [-0.3, -0.25) is 19.3 Å². The lowest BCUT2D eigenvalue weighted by atomic mass is 9.96. The lowest BCUT2D eigenvalue weighted by Gasteiger charge is -2.41. The van der Waals surface area contributed by atoms with Gasteiger partial charge < -0.3 is 15.0 Å². The molecule has 0 spiro atoms. The minimum absolute atomic E-state index is 0.213. The molecule has 0 aromatic heterocycles. The van der Waals surface area contributed by atoms with Crippen LogP contribution in [0.15, 0.2) is 97.2 Å². The van der Waals surface area contributed by atoms with Crippen LogP contribution in [0.25, 0.3) is 5.70 Å². The highest BCUT2D eigenvalue weighted by molar-refractivity contribution is 6.03. The number of nitrogens with zero attached hydrogens (tertiary/aromatic N) is 2. The highest BCUT2D eigenvalue weighted by Gasteiger charge is 2.41. The van der Waals surface area contributed by atoms with E-state index in [1.807, 2.05) is 80.6 Å². The molecule has 1 unspecified atom stereocenters. The SMILES string of the molecule is CC(C)C1C(=O)N(CC(=O)N[C@H](C=O)Cc2ccccc2)C(c2ccccc2)=CN1C(=O)c1ccccc1. The van der Waals surface area contributed by atoms with Gasteiger partial charge in [0, 0.05) is 11.8 Å². The zero-order valence-electron chi connectivity index (χ0n) is 21.5. The molecule has 0 radical (unpaired) electrons. The first-order chi connectivity index (χ1) is 18.4. The van der Waals surface area contributed by atoms with Crippen LogP contribution in [0.5, 0.6) is 0 Å². The van der Waals surface area contributed by atoms with Crippen LogP contribution in [-0.2, 0) is 20.8 Å². The topological polar surface area (TPSA) is 86.8 Å². The summed E-state index contributed by atoms with van der Waals surface area (Å²) >= 11 is 0. The Kier molecular flexibility index (Phi) is 8.48. The summed E-state index contributed by atoms with van der Waals surface area (Å²) in [5.41, 5.74) is 2.52. The van der Waals surface area contributed by atoms with E-state index < -0.39 is 18.0 Å². The van der Waals surface area contributed by atoms with Crippen molar-refractivity contribution in [3.05, 3.63) is 114 Å². The van der Waals surface area contributed by atoms with Crippen molar-refractivity contribution in [2.45, 2.75) is 32.4 Å². The third-order valence-corrected chi connectivity index (χ3v) is 6.44. The van der Waals surface area contributed by atoms with Crippen molar-refractivity contribution < 1.29 is 19.2 Å². The van der Waals surface area contributed by atoms with Crippen LogP contribution in [0.1, 0.15) is 35.3 Å². The van der Waals surface area contributed by atoms with E-state index in [0.717, 1.165) is 5.56 Å². The maximum absolute atomic E-state index is 13.9. The van der Waals surface area contributed by atoms with Gasteiger partial charge in [0.2, 0.25) is 5.91 Å². The van der Waals surface area contributed by atoms with Crippen molar-refractivity contribution in [1.29, 1.82) is 0 Å². The summed E-state index contributed by atoms with van der Waals surface area (Å²) in [6.07, 6.45) is 2.71. The summed E-state index contributed by atoms with van der Waals surface area (Å²) in [7, 11) is 0. The summed E-state index contributed by atoms with van der Waals surface area (Å²) in [5.74, 6) is -1.32. The molecule has 194 valence electrons. The van der Waals surface area contributed by atoms with Crippen molar-refractivity contribution in [3.8, 4) is 0 Å². The standard InChI is InChI=1S/C31H31N3O4/c1-22(2)29-31(38)33(20-28(36)32-26(21-35)18-23-12-6-3-7-13-23)27(24-14-8-4-9-15-24)19-34(29)30(37)25-16-10-5-11-17-25/h3-17,19,21-22,26,29H,18,20H2,1-2H3,(H,32,36)/t26-,29?/m0/s1. The lowest BCUT2D eigenvalue weighted by molar-refractivity contribution is -0.138. The second-order valence-electron chi connectivity index (χ2n) is 9.57. The lowest BCUT2D eigenvalue weighted by Crippen LogP contribution is -2.56. The Labute approximate surface area is 222 Å². The van der Waals surface area contributed by atoms with Crippen LogP contribution >= 0.6 is 0 Å². The van der Waals surface area contributed by atoms with Crippen LogP contribution < -0.4 is 5.32 Å². The largest absolute Gasteiger partial charge is 0.345 e. The Bertz CT molecular complexity index is 1310. The van der Waals surface area contributed by atoms with E-state index in [1.165, 1.54) is 9.80 Å². The van der Waals surface area contributed by atoms with Gasteiger partial charge in [-0.1, -0.05) is 92.7 Å². The fourth-order valence-electron chi connectivity index (χ4n) is 4.60. The number of hydrogen-bond donors (Lipinski definition) is 1. The first kappa shape index (κ1) is 26.5. The Morgan fingerprint density at radius 3 is 2.05 bits per heavy atom. The van der Waals surface area contributed by atoms with E-state index in [1.54, 1.807) is 30.5 Å². The van der Waals surface area contributed by atoms with Crippen molar-refractivity contribution in [3.63, 3.8) is 0 Å². The van der Waals surface area contributed by atoms with Gasteiger partial charge in [0.1, 0.15) is 18.9 Å². The van der Waals surface area contributed by atoms with E-state index in [2.05, 4.69) is 5.32 Å². The van der Waals surface area contributed by atoms with Gasteiger partial charge in [-0.25, -0.2) is 0 Å². The van der Waals surface area contributed by atoms with Crippen LogP contribution in [0.2, 0.25) is 0 Å². The quantitative estimate of drug-likeness (QED) is 0.443.